The quantitative estimate of drug-likeness (QED) is 0.492. The smallest absolute Gasteiger partial charge is 0.219 e. The summed E-state index contributed by atoms with van der Waals surface area (Å²) in [6, 6.07) is 8.82. The molecule has 3 N–H and O–H groups in total. The molecule has 2 aromatic heterocycles. The van der Waals surface area contributed by atoms with Gasteiger partial charge in [0, 0.05) is 45.7 Å². The highest BCUT2D eigenvalue weighted by atomic mass is 16.3. The Labute approximate surface area is 199 Å². The number of hydrogen-bond donors (Lipinski definition) is 3. The van der Waals surface area contributed by atoms with Crippen LogP contribution in [0.4, 0.5) is 5.82 Å². The Morgan fingerprint density at radius 2 is 2.00 bits per heavy atom. The first kappa shape index (κ1) is 22.7. The van der Waals surface area contributed by atoms with Gasteiger partial charge in [-0.1, -0.05) is 24.3 Å². The maximum Gasteiger partial charge on any atom is 0.219 e. The largest absolute Gasteiger partial charge is 0.392 e. The van der Waals surface area contributed by atoms with Gasteiger partial charge in [0.15, 0.2) is 5.82 Å². The molecule has 2 aliphatic heterocycles. The van der Waals surface area contributed by atoms with Gasteiger partial charge in [0.05, 0.1) is 11.8 Å². The van der Waals surface area contributed by atoms with Crippen molar-refractivity contribution in [1.82, 2.24) is 30.0 Å². The molecule has 0 bridgehead atoms. The number of carbonyl (C=O) groups is 1. The summed E-state index contributed by atoms with van der Waals surface area (Å²) in [6.07, 6.45) is 5.25. The second-order valence-corrected chi connectivity index (χ2v) is 9.49. The van der Waals surface area contributed by atoms with Crippen LogP contribution >= 0.6 is 0 Å². The lowest BCUT2D eigenvalue weighted by atomic mass is 9.99. The van der Waals surface area contributed by atoms with Gasteiger partial charge in [-0.2, -0.15) is 5.10 Å². The summed E-state index contributed by atoms with van der Waals surface area (Å²) in [5, 5.41) is 21.8. The van der Waals surface area contributed by atoms with Crippen molar-refractivity contribution in [3.8, 4) is 0 Å². The summed E-state index contributed by atoms with van der Waals surface area (Å²) >= 11 is 0. The highest BCUT2D eigenvalue weighted by Crippen LogP contribution is 2.24. The van der Waals surface area contributed by atoms with Gasteiger partial charge in [0.2, 0.25) is 5.91 Å². The number of fused-ring (bicyclic) bond motifs is 2. The van der Waals surface area contributed by atoms with Gasteiger partial charge in [0.25, 0.3) is 0 Å². The molecule has 0 saturated carbocycles. The molecule has 0 unspecified atom stereocenters. The van der Waals surface area contributed by atoms with Crippen LogP contribution in [0.15, 0.2) is 30.6 Å². The molecule has 4 heterocycles. The molecule has 1 fully saturated rings. The van der Waals surface area contributed by atoms with Crippen LogP contribution in [0, 0.1) is 0 Å². The molecule has 180 valence electrons. The van der Waals surface area contributed by atoms with Crippen LogP contribution in [0.1, 0.15) is 43.0 Å². The third kappa shape index (κ3) is 5.05. The molecule has 1 saturated heterocycles. The fourth-order valence-corrected chi connectivity index (χ4v) is 5.11. The SMILES string of the molecule is CC(=O)N1CCC(Nc2ncnc3c(CC[C@H](O)CN4CCc5ccccc5C4)n[nH]c23)CC1. The summed E-state index contributed by atoms with van der Waals surface area (Å²) in [4.78, 5) is 24.7. The number of piperidine rings is 1. The first-order valence-electron chi connectivity index (χ1n) is 12.2. The molecular weight excluding hydrogens is 430 g/mol. The zero-order valence-corrected chi connectivity index (χ0v) is 19.7. The molecule has 0 aliphatic carbocycles. The fourth-order valence-electron chi connectivity index (χ4n) is 5.11. The number of anilines is 1. The highest BCUT2D eigenvalue weighted by molar-refractivity contribution is 5.86. The summed E-state index contributed by atoms with van der Waals surface area (Å²) in [5.41, 5.74) is 5.24. The fraction of sp³-hybridized carbons (Fsp3) is 0.520. The normalized spacial score (nSPS) is 18.1. The topological polar surface area (TPSA) is 110 Å². The van der Waals surface area contributed by atoms with Gasteiger partial charge in [-0.05, 0) is 43.2 Å². The average molecular weight is 464 g/mol. The number of amides is 1. The van der Waals surface area contributed by atoms with E-state index in [1.54, 1.807) is 13.3 Å². The Morgan fingerprint density at radius 1 is 1.21 bits per heavy atom. The maximum absolute atomic E-state index is 11.6. The second kappa shape index (κ2) is 10.1. The van der Waals surface area contributed by atoms with Crippen LogP contribution in [0.3, 0.4) is 0 Å². The van der Waals surface area contributed by atoms with E-state index in [1.807, 2.05) is 4.90 Å². The van der Waals surface area contributed by atoms with Crippen molar-refractivity contribution in [2.45, 2.75) is 57.7 Å². The molecule has 34 heavy (non-hydrogen) atoms. The first-order valence-corrected chi connectivity index (χ1v) is 12.2. The van der Waals surface area contributed by atoms with Crippen LogP contribution in [-0.2, 0) is 24.2 Å². The molecule has 5 rings (SSSR count). The monoisotopic (exact) mass is 463 g/mol. The summed E-state index contributed by atoms with van der Waals surface area (Å²) < 4.78 is 0. The van der Waals surface area contributed by atoms with Crippen LogP contribution in [0.5, 0.6) is 0 Å². The third-order valence-corrected chi connectivity index (χ3v) is 7.10. The van der Waals surface area contributed by atoms with Gasteiger partial charge in [-0.15, -0.1) is 0 Å². The standard InChI is InChI=1S/C25H33N7O2/c1-17(33)32-12-9-20(10-13-32)28-25-24-23(26-16-27-25)22(29-30-24)7-6-21(34)15-31-11-8-18-4-2-3-5-19(18)14-31/h2-5,16,20-21,34H,6-15H2,1H3,(H,29,30)(H,26,27,28)/t21-/m0/s1. The van der Waals surface area contributed by atoms with Crippen LogP contribution in [-0.4, -0.2) is 79.3 Å². The summed E-state index contributed by atoms with van der Waals surface area (Å²) in [7, 11) is 0. The van der Waals surface area contributed by atoms with Crippen molar-refractivity contribution >= 4 is 22.8 Å². The Balaban J connectivity index is 1.16. The number of aliphatic hydroxyl groups is 1. The van der Waals surface area contributed by atoms with E-state index >= 15 is 0 Å². The third-order valence-electron chi connectivity index (χ3n) is 7.10. The van der Waals surface area contributed by atoms with Crippen molar-refractivity contribution in [2.75, 3.05) is 31.5 Å². The molecule has 9 heteroatoms. The molecule has 0 radical (unpaired) electrons. The van der Waals surface area contributed by atoms with E-state index in [0.717, 1.165) is 68.0 Å². The Hall–Kier alpha value is -3.04. The predicted octanol–water partition coefficient (Wildman–Crippen LogP) is 2.13. The van der Waals surface area contributed by atoms with E-state index in [9.17, 15) is 9.90 Å². The zero-order chi connectivity index (χ0) is 23.5. The van der Waals surface area contributed by atoms with Crippen LogP contribution in [0.25, 0.3) is 11.0 Å². The van der Waals surface area contributed by atoms with Crippen LogP contribution in [0.2, 0.25) is 0 Å². The Bertz CT molecular complexity index is 1140. The molecule has 1 aromatic carbocycles. The van der Waals surface area contributed by atoms with Crippen molar-refractivity contribution in [1.29, 1.82) is 0 Å². The number of β-amino-alcohol motifs (C(OH)–C–C–N with tert-alkyl or cyclic N) is 1. The summed E-state index contributed by atoms with van der Waals surface area (Å²) in [6.45, 7) is 5.68. The van der Waals surface area contributed by atoms with Gasteiger partial charge in [-0.25, -0.2) is 9.97 Å². The number of aromatic nitrogens is 4. The van der Waals surface area contributed by atoms with E-state index in [4.69, 9.17) is 0 Å². The van der Waals surface area contributed by atoms with Crippen molar-refractivity contribution in [3.05, 3.63) is 47.4 Å². The van der Waals surface area contributed by atoms with Gasteiger partial charge in [-0.3, -0.25) is 14.8 Å². The number of aromatic amines is 1. The van der Waals surface area contributed by atoms with Gasteiger partial charge in [0.1, 0.15) is 17.4 Å². The Kier molecular flexibility index (Phi) is 6.73. The lowest BCUT2D eigenvalue weighted by Crippen LogP contribution is -2.41. The minimum atomic E-state index is -0.414. The molecule has 9 nitrogen and oxygen atoms in total. The molecule has 1 atom stereocenters. The average Bonchev–Trinajstić information content (AvgIpc) is 3.27. The minimum absolute atomic E-state index is 0.133. The number of aryl methyl sites for hydroxylation is 1. The number of benzene rings is 1. The number of hydrogen-bond acceptors (Lipinski definition) is 7. The number of H-pyrrole nitrogens is 1. The molecule has 3 aromatic rings. The van der Waals surface area contributed by atoms with E-state index in [2.05, 4.69) is 54.6 Å². The van der Waals surface area contributed by atoms with E-state index in [-0.39, 0.29) is 11.9 Å². The minimum Gasteiger partial charge on any atom is -0.392 e. The first-order chi connectivity index (χ1) is 16.6. The van der Waals surface area contributed by atoms with Crippen LogP contribution < -0.4 is 5.32 Å². The number of nitrogens with one attached hydrogen (secondary N) is 2. The number of rotatable bonds is 7. The summed E-state index contributed by atoms with van der Waals surface area (Å²) in [5.74, 6) is 0.880. The highest BCUT2D eigenvalue weighted by Gasteiger charge is 2.23. The lowest BCUT2D eigenvalue weighted by molar-refractivity contribution is -0.129. The number of nitrogens with zero attached hydrogens (tertiary/aromatic N) is 5. The second-order valence-electron chi connectivity index (χ2n) is 9.49. The molecule has 1 amide bonds. The van der Waals surface area contributed by atoms with E-state index < -0.39 is 6.10 Å². The molecule has 0 spiro atoms. The predicted molar refractivity (Wildman–Crippen MR) is 130 cm³/mol. The van der Waals surface area contributed by atoms with Crippen molar-refractivity contribution in [3.63, 3.8) is 0 Å². The number of carbonyl (C=O) groups excluding carboxylic acids is 1. The number of likely N-dealkylation sites (tertiary alicyclic amines) is 1. The molecular formula is C25H33N7O2. The van der Waals surface area contributed by atoms with Crippen molar-refractivity contribution in [2.24, 2.45) is 0 Å². The van der Waals surface area contributed by atoms with E-state index in [0.29, 0.717) is 19.4 Å². The molecule has 2 aliphatic rings. The van der Waals surface area contributed by atoms with Gasteiger partial charge >= 0.3 is 0 Å². The van der Waals surface area contributed by atoms with E-state index in [1.165, 1.54) is 11.1 Å². The number of aliphatic hydroxyl groups excluding tert-OH is 1. The zero-order valence-electron chi connectivity index (χ0n) is 19.7. The van der Waals surface area contributed by atoms with Crippen molar-refractivity contribution < 1.29 is 9.90 Å². The maximum atomic E-state index is 11.6. The van der Waals surface area contributed by atoms with Gasteiger partial charge < -0.3 is 15.3 Å². The lowest BCUT2D eigenvalue weighted by Gasteiger charge is -2.31. The Morgan fingerprint density at radius 3 is 2.79 bits per heavy atom.